The van der Waals surface area contributed by atoms with E-state index >= 15 is 0 Å². The second kappa shape index (κ2) is 7.83. The van der Waals surface area contributed by atoms with Crippen molar-refractivity contribution in [3.63, 3.8) is 0 Å². The first-order valence-electron chi connectivity index (χ1n) is 6.63. The average Bonchev–Trinajstić information content (AvgIpc) is 2.42. The molecule has 3 nitrogen and oxygen atoms in total. The summed E-state index contributed by atoms with van der Waals surface area (Å²) in [7, 11) is 0. The van der Waals surface area contributed by atoms with Crippen LogP contribution in [0.4, 0.5) is 0 Å². The molecular formula is C16H23NO2. The summed E-state index contributed by atoms with van der Waals surface area (Å²) in [6.45, 7) is 7.80. The largest absolute Gasteiger partial charge is 0.491 e. The topological polar surface area (TPSA) is 44.5 Å². The lowest BCUT2D eigenvalue weighted by atomic mass is 10.1. The van der Waals surface area contributed by atoms with Gasteiger partial charge < -0.3 is 15.2 Å². The molecule has 0 saturated carbocycles. The fourth-order valence-corrected chi connectivity index (χ4v) is 1.37. The van der Waals surface area contributed by atoms with Crippen molar-refractivity contribution in [3.8, 4) is 17.6 Å². The van der Waals surface area contributed by atoms with Crippen molar-refractivity contribution in [1.29, 1.82) is 0 Å². The SMILES string of the molecule is CCC(C)(C)OCCOc1ccc(C#CCN)cc1. The molecule has 0 spiro atoms. The Balaban J connectivity index is 2.34. The molecule has 0 saturated heterocycles. The first-order chi connectivity index (χ1) is 9.07. The third-order valence-electron chi connectivity index (χ3n) is 2.89. The van der Waals surface area contributed by atoms with Gasteiger partial charge in [0.25, 0.3) is 0 Å². The fraction of sp³-hybridized carbons (Fsp3) is 0.500. The minimum Gasteiger partial charge on any atom is -0.491 e. The molecular weight excluding hydrogens is 238 g/mol. The maximum atomic E-state index is 5.72. The summed E-state index contributed by atoms with van der Waals surface area (Å²) >= 11 is 0. The molecule has 1 aromatic carbocycles. The quantitative estimate of drug-likeness (QED) is 0.632. The normalized spacial score (nSPS) is 10.7. The number of benzene rings is 1. The van der Waals surface area contributed by atoms with Gasteiger partial charge in [0.15, 0.2) is 0 Å². The maximum absolute atomic E-state index is 5.72. The standard InChI is InChI=1S/C16H23NO2/c1-4-16(2,3)19-13-12-18-15-9-7-14(8-10-15)6-5-11-17/h7-10H,4,11-13,17H2,1-3H3. The molecule has 2 N–H and O–H groups in total. The minimum absolute atomic E-state index is 0.0783. The van der Waals surface area contributed by atoms with Crippen molar-refractivity contribution in [1.82, 2.24) is 0 Å². The lowest BCUT2D eigenvalue weighted by Gasteiger charge is -2.23. The van der Waals surface area contributed by atoms with Gasteiger partial charge in [-0.3, -0.25) is 0 Å². The van der Waals surface area contributed by atoms with Crippen LogP contribution in [0.3, 0.4) is 0 Å². The Kier molecular flexibility index (Phi) is 6.41. The molecule has 0 aromatic heterocycles. The number of hydrogen-bond donors (Lipinski definition) is 1. The molecule has 1 rings (SSSR count). The second-order valence-corrected chi connectivity index (χ2v) is 4.84. The van der Waals surface area contributed by atoms with Crippen molar-refractivity contribution >= 4 is 0 Å². The van der Waals surface area contributed by atoms with E-state index in [0.29, 0.717) is 19.8 Å². The van der Waals surface area contributed by atoms with E-state index in [2.05, 4.69) is 32.6 Å². The fourth-order valence-electron chi connectivity index (χ4n) is 1.37. The molecule has 0 aliphatic rings. The van der Waals surface area contributed by atoms with Crippen LogP contribution in [0.15, 0.2) is 24.3 Å². The second-order valence-electron chi connectivity index (χ2n) is 4.84. The van der Waals surface area contributed by atoms with E-state index in [4.69, 9.17) is 15.2 Å². The molecule has 0 unspecified atom stereocenters. The predicted molar refractivity (Wildman–Crippen MR) is 78.2 cm³/mol. The lowest BCUT2D eigenvalue weighted by molar-refractivity contribution is -0.0317. The highest BCUT2D eigenvalue weighted by atomic mass is 16.5. The van der Waals surface area contributed by atoms with E-state index in [1.165, 1.54) is 0 Å². The van der Waals surface area contributed by atoms with Crippen molar-refractivity contribution in [2.45, 2.75) is 32.8 Å². The van der Waals surface area contributed by atoms with E-state index in [1.54, 1.807) is 0 Å². The lowest BCUT2D eigenvalue weighted by Crippen LogP contribution is -2.25. The molecule has 0 heterocycles. The Labute approximate surface area is 116 Å². The van der Waals surface area contributed by atoms with Crippen LogP contribution in [-0.2, 0) is 4.74 Å². The van der Waals surface area contributed by atoms with Crippen molar-refractivity contribution in [3.05, 3.63) is 29.8 Å². The molecule has 3 heteroatoms. The highest BCUT2D eigenvalue weighted by Crippen LogP contribution is 2.14. The summed E-state index contributed by atoms with van der Waals surface area (Å²) in [5.41, 5.74) is 6.19. The minimum atomic E-state index is -0.0783. The van der Waals surface area contributed by atoms with E-state index in [0.717, 1.165) is 17.7 Å². The third kappa shape index (κ3) is 6.28. The van der Waals surface area contributed by atoms with Crippen molar-refractivity contribution in [2.75, 3.05) is 19.8 Å². The number of nitrogens with two attached hydrogens (primary N) is 1. The van der Waals surface area contributed by atoms with E-state index in [1.807, 2.05) is 24.3 Å². The molecule has 0 aliphatic carbocycles. The summed E-state index contributed by atoms with van der Waals surface area (Å²) in [4.78, 5) is 0. The number of ether oxygens (including phenoxy) is 2. The van der Waals surface area contributed by atoms with Crippen LogP contribution in [0, 0.1) is 11.8 Å². The third-order valence-corrected chi connectivity index (χ3v) is 2.89. The van der Waals surface area contributed by atoms with Crippen LogP contribution in [0.1, 0.15) is 32.8 Å². The van der Waals surface area contributed by atoms with Crippen LogP contribution in [-0.4, -0.2) is 25.4 Å². The smallest absolute Gasteiger partial charge is 0.119 e. The van der Waals surface area contributed by atoms with Gasteiger partial charge in [-0.05, 0) is 44.5 Å². The Bertz CT molecular complexity index is 426. The average molecular weight is 261 g/mol. The maximum Gasteiger partial charge on any atom is 0.119 e. The first-order valence-corrected chi connectivity index (χ1v) is 6.63. The highest BCUT2D eigenvalue weighted by molar-refractivity contribution is 5.38. The molecule has 0 amide bonds. The molecule has 0 aliphatic heterocycles. The van der Waals surface area contributed by atoms with Crippen molar-refractivity contribution < 1.29 is 9.47 Å². The van der Waals surface area contributed by atoms with Gasteiger partial charge in [-0.25, -0.2) is 0 Å². The summed E-state index contributed by atoms with van der Waals surface area (Å²) in [5.74, 6) is 6.62. The van der Waals surface area contributed by atoms with Gasteiger partial charge in [0.05, 0.1) is 18.8 Å². The number of rotatable bonds is 6. The monoisotopic (exact) mass is 261 g/mol. The number of hydrogen-bond acceptors (Lipinski definition) is 3. The Morgan fingerprint density at radius 1 is 1.16 bits per heavy atom. The van der Waals surface area contributed by atoms with Gasteiger partial charge in [0.2, 0.25) is 0 Å². The predicted octanol–water partition coefficient (Wildman–Crippen LogP) is 2.58. The summed E-state index contributed by atoms with van der Waals surface area (Å²) in [6.07, 6.45) is 0.988. The van der Waals surface area contributed by atoms with E-state index in [-0.39, 0.29) is 5.60 Å². The molecule has 104 valence electrons. The molecule has 0 radical (unpaired) electrons. The first kappa shape index (κ1) is 15.6. The van der Waals surface area contributed by atoms with Crippen LogP contribution in [0.5, 0.6) is 5.75 Å². The molecule has 0 bridgehead atoms. The van der Waals surface area contributed by atoms with Gasteiger partial charge in [0.1, 0.15) is 12.4 Å². The van der Waals surface area contributed by atoms with Crippen molar-refractivity contribution in [2.24, 2.45) is 5.73 Å². The van der Waals surface area contributed by atoms with E-state index in [9.17, 15) is 0 Å². The zero-order valence-electron chi connectivity index (χ0n) is 12.0. The Morgan fingerprint density at radius 3 is 2.42 bits per heavy atom. The van der Waals surface area contributed by atoms with Gasteiger partial charge in [-0.2, -0.15) is 0 Å². The van der Waals surface area contributed by atoms with Crippen LogP contribution in [0.2, 0.25) is 0 Å². The summed E-state index contributed by atoms with van der Waals surface area (Å²) in [6, 6.07) is 7.67. The summed E-state index contributed by atoms with van der Waals surface area (Å²) < 4.78 is 11.3. The highest BCUT2D eigenvalue weighted by Gasteiger charge is 2.14. The Hall–Kier alpha value is -1.50. The van der Waals surface area contributed by atoms with Crippen LogP contribution in [0.25, 0.3) is 0 Å². The Morgan fingerprint density at radius 2 is 1.84 bits per heavy atom. The van der Waals surface area contributed by atoms with Gasteiger partial charge in [-0.1, -0.05) is 18.8 Å². The van der Waals surface area contributed by atoms with Crippen LogP contribution >= 0.6 is 0 Å². The van der Waals surface area contributed by atoms with Gasteiger partial charge in [0, 0.05) is 5.56 Å². The molecule has 0 atom stereocenters. The zero-order valence-corrected chi connectivity index (χ0v) is 12.0. The van der Waals surface area contributed by atoms with Crippen LogP contribution < -0.4 is 10.5 Å². The van der Waals surface area contributed by atoms with E-state index < -0.39 is 0 Å². The molecule has 1 aromatic rings. The molecule has 19 heavy (non-hydrogen) atoms. The van der Waals surface area contributed by atoms with Gasteiger partial charge in [-0.15, -0.1) is 0 Å². The van der Waals surface area contributed by atoms with Gasteiger partial charge >= 0.3 is 0 Å². The summed E-state index contributed by atoms with van der Waals surface area (Å²) in [5, 5.41) is 0. The zero-order chi connectivity index (χ0) is 14.1. The molecule has 0 fully saturated rings.